The molecule has 0 spiro atoms. The highest BCUT2D eigenvalue weighted by atomic mass is 32.2. The highest BCUT2D eigenvalue weighted by Gasteiger charge is 2.39. The summed E-state index contributed by atoms with van der Waals surface area (Å²) in [5.41, 5.74) is 6.42. The first-order valence-electron chi connectivity index (χ1n) is 7.49. The maximum absolute atomic E-state index is 12.9. The molecule has 2 amide bonds. The Bertz CT molecular complexity index is 921. The number of alkyl halides is 3. The van der Waals surface area contributed by atoms with Crippen LogP contribution in [0.3, 0.4) is 0 Å². The first kappa shape index (κ1) is 18.1. The van der Waals surface area contributed by atoms with Crippen LogP contribution in [-0.2, 0) is 11.0 Å². The summed E-state index contributed by atoms with van der Waals surface area (Å²) in [6, 6.07) is 10.9. The average molecular weight is 378 g/mol. The molecule has 0 aliphatic carbocycles. The van der Waals surface area contributed by atoms with Crippen LogP contribution in [0.5, 0.6) is 0 Å². The molecule has 0 aromatic heterocycles. The van der Waals surface area contributed by atoms with Crippen molar-refractivity contribution in [2.45, 2.75) is 13.1 Å². The van der Waals surface area contributed by atoms with Gasteiger partial charge in [-0.05, 0) is 60.2 Å². The summed E-state index contributed by atoms with van der Waals surface area (Å²) in [5.74, 6) is -0.645. The van der Waals surface area contributed by atoms with Crippen molar-refractivity contribution in [2.75, 3.05) is 10.6 Å². The summed E-state index contributed by atoms with van der Waals surface area (Å²) in [6.45, 7) is 1.68. The summed E-state index contributed by atoms with van der Waals surface area (Å²) >= 11 is 0.702. The molecule has 3 rings (SSSR count). The molecule has 26 heavy (non-hydrogen) atoms. The molecule has 1 aliphatic heterocycles. The van der Waals surface area contributed by atoms with E-state index in [1.54, 1.807) is 31.2 Å². The van der Waals surface area contributed by atoms with Crippen LogP contribution in [0.2, 0.25) is 0 Å². The molecule has 2 N–H and O–H groups in total. The van der Waals surface area contributed by atoms with E-state index in [9.17, 15) is 22.8 Å². The van der Waals surface area contributed by atoms with Crippen LogP contribution in [-0.4, -0.2) is 11.1 Å². The van der Waals surface area contributed by atoms with Gasteiger partial charge in [0.05, 0.1) is 16.2 Å². The minimum absolute atomic E-state index is 0.109. The van der Waals surface area contributed by atoms with Gasteiger partial charge in [0, 0.05) is 5.69 Å². The van der Waals surface area contributed by atoms with E-state index < -0.39 is 22.9 Å². The predicted molar refractivity (Wildman–Crippen MR) is 95.4 cm³/mol. The molecule has 0 bridgehead atoms. The summed E-state index contributed by atoms with van der Waals surface area (Å²) in [7, 11) is 0. The summed E-state index contributed by atoms with van der Waals surface area (Å²) < 4.78 is 38.7. The number of benzene rings is 2. The molecule has 1 aliphatic rings. The summed E-state index contributed by atoms with van der Waals surface area (Å²) in [6.07, 6.45) is -4.56. The number of carbonyl (C=O) groups is 2. The quantitative estimate of drug-likeness (QED) is 0.595. The molecule has 0 unspecified atom stereocenters. The fraction of sp³-hybridized carbons (Fsp3) is 0.111. The van der Waals surface area contributed by atoms with Crippen molar-refractivity contribution in [3.05, 3.63) is 64.6 Å². The zero-order valence-corrected chi connectivity index (χ0v) is 14.3. The van der Waals surface area contributed by atoms with Gasteiger partial charge in [-0.25, -0.2) is 4.90 Å². The number of allylic oxidation sites excluding steroid dienone is 1. The molecular formula is C18H13F3N2O2S. The van der Waals surface area contributed by atoms with Gasteiger partial charge in [0.25, 0.3) is 11.1 Å². The Kier molecular flexibility index (Phi) is 4.53. The SMILES string of the molecule is C/C(=C1/SC(=O)N(c2cccc(C(F)(F)F)c2)C1=O)c1ccc(N)cc1. The molecule has 0 radical (unpaired) electrons. The number of thioether (sulfide) groups is 1. The van der Waals surface area contributed by atoms with Crippen LogP contribution in [0.4, 0.5) is 29.3 Å². The van der Waals surface area contributed by atoms with Gasteiger partial charge in [-0.3, -0.25) is 9.59 Å². The fourth-order valence-electron chi connectivity index (χ4n) is 2.51. The van der Waals surface area contributed by atoms with Crippen LogP contribution in [0, 0.1) is 0 Å². The van der Waals surface area contributed by atoms with E-state index in [1.165, 1.54) is 6.07 Å². The Morgan fingerprint density at radius 2 is 1.73 bits per heavy atom. The number of rotatable bonds is 2. The van der Waals surface area contributed by atoms with Gasteiger partial charge in [-0.2, -0.15) is 13.2 Å². The molecule has 1 fully saturated rings. The molecule has 8 heteroatoms. The zero-order valence-electron chi connectivity index (χ0n) is 13.5. The monoisotopic (exact) mass is 378 g/mol. The summed E-state index contributed by atoms with van der Waals surface area (Å²) in [5, 5.41) is -0.640. The lowest BCUT2D eigenvalue weighted by Crippen LogP contribution is -2.28. The van der Waals surface area contributed by atoms with Crippen LogP contribution in [0.1, 0.15) is 18.1 Å². The van der Waals surface area contributed by atoms with Crippen molar-refractivity contribution in [1.82, 2.24) is 0 Å². The molecule has 2 aromatic carbocycles. The van der Waals surface area contributed by atoms with E-state index in [0.29, 0.717) is 28.6 Å². The second kappa shape index (κ2) is 6.53. The first-order chi connectivity index (χ1) is 12.2. The Hall–Kier alpha value is -2.74. The Morgan fingerprint density at radius 1 is 1.08 bits per heavy atom. The number of nitrogens with two attached hydrogens (primary N) is 1. The number of amides is 2. The third kappa shape index (κ3) is 3.32. The lowest BCUT2D eigenvalue weighted by molar-refractivity contribution is -0.137. The molecule has 134 valence electrons. The smallest absolute Gasteiger partial charge is 0.399 e. The maximum Gasteiger partial charge on any atom is 0.416 e. The normalized spacial score (nSPS) is 17.0. The fourth-order valence-corrected chi connectivity index (χ4v) is 3.41. The van der Waals surface area contributed by atoms with E-state index >= 15 is 0 Å². The number of hydrogen-bond acceptors (Lipinski definition) is 4. The van der Waals surface area contributed by atoms with E-state index in [-0.39, 0.29) is 10.6 Å². The zero-order chi connectivity index (χ0) is 19.1. The lowest BCUT2D eigenvalue weighted by atomic mass is 10.1. The number of imide groups is 1. The largest absolute Gasteiger partial charge is 0.416 e. The first-order valence-corrected chi connectivity index (χ1v) is 8.30. The Balaban J connectivity index is 2.00. The molecule has 1 saturated heterocycles. The number of carbonyl (C=O) groups excluding carboxylic acids is 2. The van der Waals surface area contributed by atoms with Crippen molar-refractivity contribution in [3.8, 4) is 0 Å². The number of hydrogen-bond donors (Lipinski definition) is 1. The average Bonchev–Trinajstić information content (AvgIpc) is 2.89. The molecule has 0 atom stereocenters. The Morgan fingerprint density at radius 3 is 2.35 bits per heavy atom. The predicted octanol–water partition coefficient (Wildman–Crippen LogP) is 4.92. The van der Waals surface area contributed by atoms with Gasteiger partial charge >= 0.3 is 6.18 Å². The van der Waals surface area contributed by atoms with Crippen LogP contribution in [0.25, 0.3) is 5.57 Å². The van der Waals surface area contributed by atoms with E-state index in [4.69, 9.17) is 5.73 Å². The van der Waals surface area contributed by atoms with Gasteiger partial charge in [0.2, 0.25) is 0 Å². The topological polar surface area (TPSA) is 63.4 Å². The van der Waals surface area contributed by atoms with Crippen molar-refractivity contribution in [1.29, 1.82) is 0 Å². The second-order valence-electron chi connectivity index (χ2n) is 5.63. The van der Waals surface area contributed by atoms with Crippen molar-refractivity contribution in [2.24, 2.45) is 0 Å². The highest BCUT2D eigenvalue weighted by molar-refractivity contribution is 8.19. The van der Waals surface area contributed by atoms with E-state index in [0.717, 1.165) is 23.1 Å². The minimum atomic E-state index is -4.56. The van der Waals surface area contributed by atoms with Crippen LogP contribution < -0.4 is 10.6 Å². The molecule has 1 heterocycles. The van der Waals surface area contributed by atoms with Crippen LogP contribution in [0.15, 0.2) is 53.4 Å². The van der Waals surface area contributed by atoms with Gasteiger partial charge < -0.3 is 5.73 Å². The number of anilines is 2. The summed E-state index contributed by atoms with van der Waals surface area (Å²) in [4.78, 5) is 25.9. The van der Waals surface area contributed by atoms with Crippen molar-refractivity contribution >= 4 is 39.9 Å². The minimum Gasteiger partial charge on any atom is -0.399 e. The highest BCUT2D eigenvalue weighted by Crippen LogP contribution is 2.40. The number of nitrogens with zero attached hydrogens (tertiary/aromatic N) is 1. The standard InChI is InChI=1S/C18H13F3N2O2S/c1-10(11-5-7-13(22)8-6-11)15-16(24)23(17(25)26-15)14-4-2-3-12(9-14)18(19,20)21/h2-9H,22H2,1H3/b15-10-. The van der Waals surface area contributed by atoms with Gasteiger partial charge in [-0.15, -0.1) is 0 Å². The molecule has 0 saturated carbocycles. The van der Waals surface area contributed by atoms with Gasteiger partial charge in [-0.1, -0.05) is 18.2 Å². The second-order valence-corrected chi connectivity index (χ2v) is 6.59. The van der Waals surface area contributed by atoms with Crippen molar-refractivity contribution < 1.29 is 22.8 Å². The molecule has 4 nitrogen and oxygen atoms in total. The van der Waals surface area contributed by atoms with Crippen molar-refractivity contribution in [3.63, 3.8) is 0 Å². The third-order valence-electron chi connectivity index (χ3n) is 3.89. The van der Waals surface area contributed by atoms with Gasteiger partial charge in [0.15, 0.2) is 0 Å². The molecule has 2 aromatic rings. The Labute approximate surface area is 151 Å². The number of halogens is 3. The number of nitrogen functional groups attached to an aromatic ring is 1. The molecular weight excluding hydrogens is 365 g/mol. The maximum atomic E-state index is 12.9. The lowest BCUT2D eigenvalue weighted by Gasteiger charge is -2.15. The van der Waals surface area contributed by atoms with E-state index in [2.05, 4.69) is 0 Å². The van der Waals surface area contributed by atoms with Crippen LogP contribution >= 0.6 is 11.8 Å². The van der Waals surface area contributed by atoms with E-state index in [1.807, 2.05) is 0 Å². The van der Waals surface area contributed by atoms with Gasteiger partial charge in [0.1, 0.15) is 0 Å². The third-order valence-corrected chi connectivity index (χ3v) is 4.93.